The van der Waals surface area contributed by atoms with Gasteiger partial charge in [0.25, 0.3) is 5.91 Å². The molecule has 0 heterocycles. The molecule has 1 aromatic rings. The SMILES string of the molecule is CC(CC(F)(F)F)NC(=O)c1cccc(Cl)c1[N+](=O)[O-]. The van der Waals surface area contributed by atoms with Crippen LogP contribution in [0.25, 0.3) is 0 Å². The van der Waals surface area contributed by atoms with Crippen molar-refractivity contribution in [2.45, 2.75) is 25.6 Å². The van der Waals surface area contributed by atoms with E-state index in [1.807, 2.05) is 0 Å². The number of benzene rings is 1. The number of nitrogens with one attached hydrogen (secondary N) is 1. The van der Waals surface area contributed by atoms with Crippen LogP contribution in [-0.2, 0) is 0 Å². The molecule has 0 saturated heterocycles. The molecule has 0 aromatic heterocycles. The number of hydrogen-bond donors (Lipinski definition) is 1. The first-order chi connectivity index (χ1) is 9.11. The number of carbonyl (C=O) groups excluding carboxylic acids is 1. The van der Waals surface area contributed by atoms with Crippen LogP contribution in [0.3, 0.4) is 0 Å². The summed E-state index contributed by atoms with van der Waals surface area (Å²) in [6.07, 6.45) is -5.67. The molecule has 1 rings (SSSR count). The maximum Gasteiger partial charge on any atom is 0.391 e. The zero-order valence-corrected chi connectivity index (χ0v) is 11.0. The lowest BCUT2D eigenvalue weighted by molar-refractivity contribution is -0.385. The summed E-state index contributed by atoms with van der Waals surface area (Å²) in [5, 5.41) is 12.6. The fraction of sp³-hybridized carbons (Fsp3) is 0.364. The first-order valence-corrected chi connectivity index (χ1v) is 5.80. The maximum absolute atomic E-state index is 12.1. The molecule has 1 aromatic carbocycles. The van der Waals surface area contributed by atoms with Crippen LogP contribution in [-0.4, -0.2) is 23.0 Å². The first-order valence-electron chi connectivity index (χ1n) is 5.42. The Morgan fingerprint density at radius 1 is 1.50 bits per heavy atom. The summed E-state index contributed by atoms with van der Waals surface area (Å²) in [5.41, 5.74) is -1.01. The molecule has 0 fully saturated rings. The van der Waals surface area contributed by atoms with E-state index in [0.29, 0.717) is 0 Å². The molecule has 1 amide bonds. The fourth-order valence-electron chi connectivity index (χ4n) is 1.58. The first kappa shape index (κ1) is 16.2. The van der Waals surface area contributed by atoms with Crippen LogP contribution < -0.4 is 5.32 Å². The Hall–Kier alpha value is -1.83. The molecule has 5 nitrogen and oxygen atoms in total. The van der Waals surface area contributed by atoms with Crippen LogP contribution in [0, 0.1) is 10.1 Å². The number of halogens is 4. The summed E-state index contributed by atoms with van der Waals surface area (Å²) >= 11 is 5.61. The minimum absolute atomic E-state index is 0.258. The smallest absolute Gasteiger partial charge is 0.349 e. The molecule has 20 heavy (non-hydrogen) atoms. The average molecular weight is 311 g/mol. The lowest BCUT2D eigenvalue weighted by Gasteiger charge is -2.15. The number of nitrogens with zero attached hydrogens (tertiary/aromatic N) is 1. The van der Waals surface area contributed by atoms with Crippen molar-refractivity contribution in [3.05, 3.63) is 38.9 Å². The Balaban J connectivity index is 2.94. The molecule has 0 saturated carbocycles. The van der Waals surface area contributed by atoms with Gasteiger partial charge in [0, 0.05) is 6.04 Å². The van der Waals surface area contributed by atoms with Gasteiger partial charge in [-0.3, -0.25) is 14.9 Å². The Morgan fingerprint density at radius 3 is 2.60 bits per heavy atom. The van der Waals surface area contributed by atoms with Crippen molar-refractivity contribution in [1.82, 2.24) is 5.32 Å². The molecule has 0 aliphatic carbocycles. The number of nitro benzene ring substituents is 1. The zero-order chi connectivity index (χ0) is 15.5. The van der Waals surface area contributed by atoms with E-state index in [4.69, 9.17) is 11.6 Å². The highest BCUT2D eigenvalue weighted by Crippen LogP contribution is 2.28. The topological polar surface area (TPSA) is 72.2 Å². The number of amides is 1. The van der Waals surface area contributed by atoms with Crippen LogP contribution >= 0.6 is 11.6 Å². The van der Waals surface area contributed by atoms with Crippen molar-refractivity contribution in [2.75, 3.05) is 0 Å². The molecule has 0 bridgehead atoms. The third-order valence-electron chi connectivity index (χ3n) is 2.33. The number of hydrogen-bond acceptors (Lipinski definition) is 3. The van der Waals surface area contributed by atoms with Crippen molar-refractivity contribution >= 4 is 23.2 Å². The van der Waals surface area contributed by atoms with Gasteiger partial charge in [0.05, 0.1) is 11.3 Å². The summed E-state index contributed by atoms with van der Waals surface area (Å²) in [6.45, 7) is 1.15. The summed E-state index contributed by atoms with van der Waals surface area (Å²) in [7, 11) is 0. The van der Waals surface area contributed by atoms with Gasteiger partial charge in [-0.2, -0.15) is 13.2 Å². The maximum atomic E-state index is 12.1. The molecule has 110 valence electrons. The molecule has 0 aliphatic rings. The van der Waals surface area contributed by atoms with Gasteiger partial charge in [0.15, 0.2) is 0 Å². The van der Waals surface area contributed by atoms with Crippen molar-refractivity contribution in [2.24, 2.45) is 0 Å². The van der Waals surface area contributed by atoms with E-state index in [-0.39, 0.29) is 10.6 Å². The summed E-state index contributed by atoms with van der Waals surface area (Å²) in [4.78, 5) is 21.7. The second-order valence-electron chi connectivity index (χ2n) is 4.09. The van der Waals surface area contributed by atoms with Gasteiger partial charge in [-0.1, -0.05) is 17.7 Å². The Labute approximate surface area is 116 Å². The molecular weight excluding hydrogens is 301 g/mol. The molecule has 1 N–H and O–H groups in total. The molecule has 1 atom stereocenters. The highest BCUT2D eigenvalue weighted by molar-refractivity contribution is 6.33. The minimum atomic E-state index is -4.44. The van der Waals surface area contributed by atoms with E-state index in [1.165, 1.54) is 12.1 Å². The number of nitro groups is 1. The van der Waals surface area contributed by atoms with E-state index < -0.39 is 35.2 Å². The predicted octanol–water partition coefficient (Wildman–Crippen LogP) is 3.32. The van der Waals surface area contributed by atoms with Crippen molar-refractivity contribution in [3.8, 4) is 0 Å². The summed E-state index contributed by atoms with van der Waals surface area (Å²) < 4.78 is 36.4. The minimum Gasteiger partial charge on any atom is -0.349 e. The van der Waals surface area contributed by atoms with Gasteiger partial charge >= 0.3 is 11.9 Å². The quantitative estimate of drug-likeness (QED) is 0.685. The van der Waals surface area contributed by atoms with E-state index in [0.717, 1.165) is 13.0 Å². The van der Waals surface area contributed by atoms with E-state index in [9.17, 15) is 28.1 Å². The Morgan fingerprint density at radius 2 is 2.10 bits per heavy atom. The normalized spacial score (nSPS) is 12.8. The van der Waals surface area contributed by atoms with Gasteiger partial charge in [0.2, 0.25) is 0 Å². The Kier molecular flexibility index (Phi) is 4.93. The second-order valence-corrected chi connectivity index (χ2v) is 4.49. The van der Waals surface area contributed by atoms with E-state index in [2.05, 4.69) is 5.32 Å². The number of para-hydroxylation sites is 1. The molecule has 1 unspecified atom stereocenters. The van der Waals surface area contributed by atoms with Crippen LogP contribution in [0.2, 0.25) is 5.02 Å². The lowest BCUT2D eigenvalue weighted by atomic mass is 10.1. The highest BCUT2D eigenvalue weighted by atomic mass is 35.5. The van der Waals surface area contributed by atoms with Gasteiger partial charge in [-0.25, -0.2) is 0 Å². The van der Waals surface area contributed by atoms with Crippen LogP contribution in [0.1, 0.15) is 23.7 Å². The van der Waals surface area contributed by atoms with Gasteiger partial charge in [-0.05, 0) is 19.1 Å². The van der Waals surface area contributed by atoms with Gasteiger partial charge in [0.1, 0.15) is 10.6 Å². The van der Waals surface area contributed by atoms with Gasteiger partial charge in [-0.15, -0.1) is 0 Å². The standard InChI is InChI=1S/C11H10ClF3N2O3/c1-6(5-11(13,14)15)16-10(18)7-3-2-4-8(12)9(7)17(19)20/h2-4,6H,5H2,1H3,(H,16,18). The summed E-state index contributed by atoms with van der Waals surface area (Å²) in [5.74, 6) is -0.976. The van der Waals surface area contributed by atoms with Crippen molar-refractivity contribution in [1.29, 1.82) is 0 Å². The van der Waals surface area contributed by atoms with E-state index in [1.54, 1.807) is 0 Å². The average Bonchev–Trinajstić information content (AvgIpc) is 2.24. The molecular formula is C11H10ClF3N2O3. The monoisotopic (exact) mass is 310 g/mol. The predicted molar refractivity (Wildman–Crippen MR) is 65.7 cm³/mol. The number of rotatable bonds is 4. The summed E-state index contributed by atoms with van der Waals surface area (Å²) in [6, 6.07) is 2.44. The fourth-order valence-corrected chi connectivity index (χ4v) is 1.83. The molecule has 9 heteroatoms. The third-order valence-corrected chi connectivity index (χ3v) is 2.63. The second kappa shape index (κ2) is 6.08. The molecule has 0 spiro atoms. The Bertz CT molecular complexity index is 534. The van der Waals surface area contributed by atoms with E-state index >= 15 is 0 Å². The third kappa shape index (κ3) is 4.37. The zero-order valence-electron chi connectivity index (χ0n) is 10.2. The van der Waals surface area contributed by atoms with Gasteiger partial charge < -0.3 is 5.32 Å². The van der Waals surface area contributed by atoms with Crippen LogP contribution in [0.5, 0.6) is 0 Å². The largest absolute Gasteiger partial charge is 0.391 e. The van der Waals surface area contributed by atoms with Crippen LogP contribution in [0.15, 0.2) is 18.2 Å². The van der Waals surface area contributed by atoms with Crippen molar-refractivity contribution in [3.63, 3.8) is 0 Å². The molecule has 0 aliphatic heterocycles. The lowest BCUT2D eigenvalue weighted by Crippen LogP contribution is -2.36. The number of carbonyl (C=O) groups is 1. The van der Waals surface area contributed by atoms with Crippen LogP contribution in [0.4, 0.5) is 18.9 Å². The number of alkyl halides is 3. The molecule has 0 radical (unpaired) electrons. The van der Waals surface area contributed by atoms with Crippen molar-refractivity contribution < 1.29 is 22.9 Å². The highest BCUT2D eigenvalue weighted by Gasteiger charge is 2.32.